The van der Waals surface area contributed by atoms with Crippen molar-refractivity contribution in [3.05, 3.63) is 0 Å². The quantitative estimate of drug-likeness (QED) is 0.486. The summed E-state index contributed by atoms with van der Waals surface area (Å²) in [6.07, 6.45) is -0.0339. The Hall–Kier alpha value is -1.61. The molecule has 0 aromatic rings. The summed E-state index contributed by atoms with van der Waals surface area (Å²) < 4.78 is 0. The highest BCUT2D eigenvalue weighted by Gasteiger charge is 2.35. The molecule has 5 N–H and O–H groups in total. The van der Waals surface area contributed by atoms with E-state index >= 15 is 0 Å². The van der Waals surface area contributed by atoms with Gasteiger partial charge in [0, 0.05) is 23.8 Å². The Bertz CT molecular complexity index is 469. The molecule has 1 aliphatic heterocycles. The van der Waals surface area contributed by atoms with E-state index in [4.69, 9.17) is 15.9 Å². The molecule has 4 atom stereocenters. The first-order valence-corrected chi connectivity index (χ1v) is 7.92. The van der Waals surface area contributed by atoms with E-state index in [0.717, 1.165) is 0 Å². The van der Waals surface area contributed by atoms with E-state index < -0.39 is 35.8 Å². The molecule has 1 rings (SSSR count). The third-order valence-electron chi connectivity index (χ3n) is 3.49. The highest BCUT2D eigenvalue weighted by Crippen LogP contribution is 2.25. The number of hydrogen-bond acceptors (Lipinski definition) is 6. The monoisotopic (exact) mass is 332 g/mol. The van der Waals surface area contributed by atoms with Crippen LogP contribution in [0, 0.1) is 5.92 Å². The molecular formula is C13H20N2O6S. The Balaban J connectivity index is 2.55. The number of carboxylic acids is 2. The Morgan fingerprint density at radius 2 is 2.05 bits per heavy atom. The lowest BCUT2D eigenvalue weighted by Crippen LogP contribution is -2.46. The lowest BCUT2D eigenvalue weighted by Gasteiger charge is -2.16. The number of Topliss-reactive ketones (excluding diaryl/α,β-unsaturated/α-hetero) is 1. The lowest BCUT2D eigenvalue weighted by atomic mass is 9.99. The molecule has 0 spiro atoms. The second kappa shape index (κ2) is 8.14. The minimum Gasteiger partial charge on any atom is -0.480 e. The van der Waals surface area contributed by atoms with E-state index in [9.17, 15) is 19.2 Å². The number of nitrogens with two attached hydrogens (primary N) is 1. The van der Waals surface area contributed by atoms with Gasteiger partial charge in [-0.15, -0.1) is 0 Å². The second-order valence-corrected chi connectivity index (χ2v) is 6.70. The molecule has 8 nitrogen and oxygen atoms in total. The summed E-state index contributed by atoms with van der Waals surface area (Å²) in [4.78, 5) is 45.5. The Morgan fingerprint density at radius 3 is 2.59 bits per heavy atom. The summed E-state index contributed by atoms with van der Waals surface area (Å²) in [6, 6.07) is -2.07. The summed E-state index contributed by atoms with van der Waals surface area (Å²) in [6.45, 7) is 1.71. The number of carbonyl (C=O) groups is 4. The van der Waals surface area contributed by atoms with E-state index in [-0.39, 0.29) is 30.3 Å². The number of thioether (sulfide) groups is 1. The van der Waals surface area contributed by atoms with Crippen molar-refractivity contribution in [2.45, 2.75) is 43.5 Å². The van der Waals surface area contributed by atoms with Gasteiger partial charge < -0.3 is 21.3 Å². The average Bonchev–Trinajstić information content (AvgIpc) is 2.57. The molecule has 1 aliphatic rings. The first-order valence-electron chi connectivity index (χ1n) is 6.87. The Morgan fingerprint density at radius 1 is 1.41 bits per heavy atom. The molecule has 1 amide bonds. The number of hydrogen-bond donors (Lipinski definition) is 4. The molecule has 9 heteroatoms. The normalized spacial score (nSPS) is 26.6. The van der Waals surface area contributed by atoms with E-state index in [1.807, 2.05) is 0 Å². The fourth-order valence-corrected chi connectivity index (χ4v) is 3.24. The highest BCUT2D eigenvalue weighted by atomic mass is 32.2. The standard InChI is InChI=1S/C13H20N2O6S/c1-6-10(13(20)21)15-11(17)7(5-22-6)4-8(16)2-3-9(14)12(18)19/h6-7,9-10H,2-5,14H2,1H3,(H,15,17)(H,18,19)(H,20,21)/t6-,7-,9-,10-/m0/s1. The molecule has 0 aliphatic carbocycles. The SMILES string of the molecule is C[C@@H]1SC[C@H](CC(=O)CC[C@H](N)C(=O)O)C(=O)N[C@@H]1C(=O)O. The van der Waals surface area contributed by atoms with Crippen molar-refractivity contribution < 1.29 is 29.4 Å². The van der Waals surface area contributed by atoms with Crippen molar-refractivity contribution in [1.82, 2.24) is 5.32 Å². The largest absolute Gasteiger partial charge is 0.480 e. The number of carbonyl (C=O) groups excluding carboxylic acids is 2. The smallest absolute Gasteiger partial charge is 0.327 e. The second-order valence-electron chi connectivity index (χ2n) is 5.29. The van der Waals surface area contributed by atoms with Crippen LogP contribution < -0.4 is 11.1 Å². The van der Waals surface area contributed by atoms with Gasteiger partial charge >= 0.3 is 11.9 Å². The fraction of sp³-hybridized carbons (Fsp3) is 0.692. The summed E-state index contributed by atoms with van der Waals surface area (Å²) in [5, 5.41) is 19.8. The molecule has 124 valence electrons. The summed E-state index contributed by atoms with van der Waals surface area (Å²) in [5.74, 6) is -3.24. The summed E-state index contributed by atoms with van der Waals surface area (Å²) in [5.41, 5.74) is 5.32. The molecule has 0 bridgehead atoms. The van der Waals surface area contributed by atoms with E-state index in [0.29, 0.717) is 5.75 Å². The molecule has 0 saturated carbocycles. The van der Waals surface area contributed by atoms with Crippen LogP contribution in [0.4, 0.5) is 0 Å². The molecule has 1 fully saturated rings. The molecule has 0 unspecified atom stereocenters. The maximum atomic E-state index is 12.0. The van der Waals surface area contributed by atoms with Crippen LogP contribution in [0.2, 0.25) is 0 Å². The number of aliphatic carboxylic acids is 2. The van der Waals surface area contributed by atoms with Crippen molar-refractivity contribution in [1.29, 1.82) is 0 Å². The van der Waals surface area contributed by atoms with Crippen molar-refractivity contribution in [2.75, 3.05) is 5.75 Å². The van der Waals surface area contributed by atoms with E-state index in [1.165, 1.54) is 11.8 Å². The fourth-order valence-electron chi connectivity index (χ4n) is 2.06. The van der Waals surface area contributed by atoms with Gasteiger partial charge in [-0.3, -0.25) is 14.4 Å². The minimum atomic E-state index is -1.17. The van der Waals surface area contributed by atoms with Crippen LogP contribution in [0.25, 0.3) is 0 Å². The van der Waals surface area contributed by atoms with Crippen LogP contribution in [-0.4, -0.2) is 56.9 Å². The van der Waals surface area contributed by atoms with Gasteiger partial charge in [0.05, 0.1) is 5.92 Å². The van der Waals surface area contributed by atoms with Crippen LogP contribution in [0.3, 0.4) is 0 Å². The molecule has 1 saturated heterocycles. The molecular weight excluding hydrogens is 312 g/mol. The predicted molar refractivity (Wildman–Crippen MR) is 79.4 cm³/mol. The molecule has 0 radical (unpaired) electrons. The van der Waals surface area contributed by atoms with E-state index in [1.54, 1.807) is 6.92 Å². The van der Waals surface area contributed by atoms with Gasteiger partial charge in [0.15, 0.2) is 0 Å². The Labute approximate surface area is 131 Å². The van der Waals surface area contributed by atoms with Gasteiger partial charge in [0.25, 0.3) is 0 Å². The maximum Gasteiger partial charge on any atom is 0.327 e. The highest BCUT2D eigenvalue weighted by molar-refractivity contribution is 8.00. The van der Waals surface area contributed by atoms with Crippen molar-refractivity contribution in [3.8, 4) is 0 Å². The number of nitrogens with one attached hydrogen (secondary N) is 1. The van der Waals surface area contributed by atoms with Crippen molar-refractivity contribution in [3.63, 3.8) is 0 Å². The maximum absolute atomic E-state index is 12.0. The zero-order valence-electron chi connectivity index (χ0n) is 12.2. The van der Waals surface area contributed by atoms with Gasteiger partial charge in [-0.1, -0.05) is 6.92 Å². The Kier molecular flexibility index (Phi) is 6.82. The number of carboxylic acid groups (broad SMARTS) is 2. The van der Waals surface area contributed by atoms with Crippen LogP contribution in [0.5, 0.6) is 0 Å². The topological polar surface area (TPSA) is 147 Å². The van der Waals surface area contributed by atoms with Gasteiger partial charge in [-0.05, 0) is 6.42 Å². The molecule has 0 aromatic heterocycles. The number of ketones is 1. The molecule has 22 heavy (non-hydrogen) atoms. The van der Waals surface area contributed by atoms with Gasteiger partial charge in [-0.2, -0.15) is 11.8 Å². The minimum absolute atomic E-state index is 0.0141. The predicted octanol–water partition coefficient (Wildman–Crippen LogP) is -0.541. The van der Waals surface area contributed by atoms with Gasteiger partial charge in [0.2, 0.25) is 5.91 Å². The van der Waals surface area contributed by atoms with Crippen LogP contribution in [-0.2, 0) is 19.2 Å². The first-order chi connectivity index (χ1) is 10.2. The third kappa shape index (κ3) is 5.30. The number of rotatable bonds is 7. The zero-order chi connectivity index (χ0) is 16.9. The summed E-state index contributed by atoms with van der Waals surface area (Å²) in [7, 11) is 0. The van der Waals surface area contributed by atoms with Crippen LogP contribution in [0.1, 0.15) is 26.2 Å². The third-order valence-corrected chi connectivity index (χ3v) is 4.88. The van der Waals surface area contributed by atoms with Gasteiger partial charge in [-0.25, -0.2) is 4.79 Å². The first kappa shape index (κ1) is 18.4. The lowest BCUT2D eigenvalue weighted by molar-refractivity contribution is -0.142. The molecule has 1 heterocycles. The average molecular weight is 332 g/mol. The number of amides is 1. The van der Waals surface area contributed by atoms with Crippen LogP contribution >= 0.6 is 11.8 Å². The summed E-state index contributed by atoms with van der Waals surface area (Å²) >= 11 is 1.32. The van der Waals surface area contributed by atoms with E-state index in [2.05, 4.69) is 5.32 Å². The van der Waals surface area contributed by atoms with Gasteiger partial charge in [0.1, 0.15) is 17.9 Å². The zero-order valence-corrected chi connectivity index (χ0v) is 13.0. The van der Waals surface area contributed by atoms with Crippen molar-refractivity contribution >= 4 is 35.4 Å². The van der Waals surface area contributed by atoms with Crippen LogP contribution in [0.15, 0.2) is 0 Å². The van der Waals surface area contributed by atoms with Crippen molar-refractivity contribution in [2.24, 2.45) is 11.7 Å². The molecule has 0 aromatic carbocycles.